The van der Waals surface area contributed by atoms with Crippen LogP contribution in [-0.4, -0.2) is 26.8 Å². The summed E-state index contributed by atoms with van der Waals surface area (Å²) in [6, 6.07) is 15.9. The molecule has 0 aliphatic rings. The molecule has 11 heteroatoms. The van der Waals surface area contributed by atoms with Crippen LogP contribution in [0.2, 0.25) is 10.0 Å². The molecule has 0 unspecified atom stereocenters. The Kier molecular flexibility index (Phi) is 7.23. The lowest BCUT2D eigenvalue weighted by Gasteiger charge is -2.10. The fourth-order valence-corrected chi connectivity index (χ4v) is 3.58. The summed E-state index contributed by atoms with van der Waals surface area (Å²) in [7, 11) is 0. The molecule has 36 heavy (non-hydrogen) atoms. The van der Waals surface area contributed by atoms with Crippen LogP contribution in [0.4, 0.5) is 18.9 Å². The van der Waals surface area contributed by atoms with Crippen molar-refractivity contribution in [1.29, 1.82) is 0 Å². The largest absolute Gasteiger partial charge is 0.460 e. The van der Waals surface area contributed by atoms with Crippen molar-refractivity contribution in [3.05, 3.63) is 87.9 Å². The van der Waals surface area contributed by atoms with E-state index in [0.29, 0.717) is 22.0 Å². The number of ether oxygens (including phenoxy) is 1. The second kappa shape index (κ2) is 10.2. The summed E-state index contributed by atoms with van der Waals surface area (Å²) < 4.78 is 46.8. The fourth-order valence-electron chi connectivity index (χ4n) is 3.28. The lowest BCUT2D eigenvalue weighted by atomic mass is 10.1. The van der Waals surface area contributed by atoms with E-state index in [0.717, 1.165) is 12.1 Å². The van der Waals surface area contributed by atoms with Crippen LogP contribution in [0.5, 0.6) is 6.01 Å². The maximum absolute atomic E-state index is 13.3. The number of rotatable bonds is 6. The monoisotopic (exact) mass is 534 g/mol. The average molecular weight is 535 g/mol. The number of alkyl halides is 3. The topological polar surface area (TPSA) is 69.0 Å². The molecule has 0 bridgehead atoms. The molecular weight excluding hydrogens is 516 g/mol. The highest BCUT2D eigenvalue weighted by atomic mass is 35.5. The zero-order valence-corrected chi connectivity index (χ0v) is 20.5. The number of hydrogen-bond donors (Lipinski definition) is 1. The molecule has 186 valence electrons. The Morgan fingerprint density at radius 2 is 1.72 bits per heavy atom. The highest BCUT2D eigenvalue weighted by Gasteiger charge is 2.31. The van der Waals surface area contributed by atoms with E-state index in [1.54, 1.807) is 44.2 Å². The smallest absolute Gasteiger partial charge is 0.416 e. The van der Waals surface area contributed by atoms with Crippen LogP contribution in [-0.2, 0) is 6.18 Å². The van der Waals surface area contributed by atoms with Crippen LogP contribution in [0.1, 0.15) is 29.8 Å². The van der Waals surface area contributed by atoms with Gasteiger partial charge in [-0.25, -0.2) is 4.68 Å². The van der Waals surface area contributed by atoms with Gasteiger partial charge in [-0.15, -0.1) is 5.10 Å². The van der Waals surface area contributed by atoms with Crippen LogP contribution >= 0.6 is 23.2 Å². The number of amides is 1. The molecule has 0 aliphatic carbocycles. The summed E-state index contributed by atoms with van der Waals surface area (Å²) >= 11 is 11.9. The molecule has 0 saturated carbocycles. The highest BCUT2D eigenvalue weighted by Crippen LogP contribution is 2.33. The van der Waals surface area contributed by atoms with Crippen molar-refractivity contribution < 1.29 is 22.7 Å². The van der Waals surface area contributed by atoms with Gasteiger partial charge in [-0.1, -0.05) is 35.3 Å². The second-order valence-corrected chi connectivity index (χ2v) is 8.82. The molecule has 0 atom stereocenters. The van der Waals surface area contributed by atoms with Crippen LogP contribution in [0.3, 0.4) is 0 Å². The number of carbonyl (C=O) groups excluding carboxylic acids is 1. The highest BCUT2D eigenvalue weighted by molar-refractivity contribution is 6.42. The van der Waals surface area contributed by atoms with E-state index in [4.69, 9.17) is 27.9 Å². The molecule has 0 aliphatic heterocycles. The maximum Gasteiger partial charge on any atom is 0.416 e. The minimum atomic E-state index is -4.51. The lowest BCUT2D eigenvalue weighted by molar-refractivity contribution is -0.137. The van der Waals surface area contributed by atoms with Crippen LogP contribution in [0.15, 0.2) is 66.7 Å². The minimum absolute atomic E-state index is 0.0226. The number of hydrogen-bond acceptors (Lipinski definition) is 4. The molecule has 4 aromatic rings. The van der Waals surface area contributed by atoms with Gasteiger partial charge in [0.05, 0.1) is 27.4 Å². The van der Waals surface area contributed by atoms with Crippen molar-refractivity contribution in [1.82, 2.24) is 14.8 Å². The molecule has 1 N–H and O–H groups in total. The van der Waals surface area contributed by atoms with Gasteiger partial charge in [0.25, 0.3) is 5.91 Å². The number of halogens is 5. The Balaban J connectivity index is 1.65. The van der Waals surface area contributed by atoms with E-state index in [-0.39, 0.29) is 34.4 Å². The van der Waals surface area contributed by atoms with Gasteiger partial charge in [-0.05, 0) is 68.4 Å². The molecule has 6 nitrogen and oxygen atoms in total. The molecule has 1 aromatic heterocycles. The summed E-state index contributed by atoms with van der Waals surface area (Å²) in [5.41, 5.74) is 0.719. The van der Waals surface area contributed by atoms with Crippen molar-refractivity contribution >= 4 is 34.8 Å². The summed E-state index contributed by atoms with van der Waals surface area (Å²) in [6.45, 7) is 3.58. The molecule has 3 aromatic carbocycles. The molecule has 1 amide bonds. The molecule has 0 fully saturated rings. The molecule has 0 spiro atoms. The lowest BCUT2D eigenvalue weighted by Crippen LogP contribution is -2.12. The Morgan fingerprint density at radius 1 is 1.00 bits per heavy atom. The zero-order chi connectivity index (χ0) is 26.0. The summed E-state index contributed by atoms with van der Waals surface area (Å²) in [4.78, 5) is 16.9. The zero-order valence-electron chi connectivity index (χ0n) is 19.0. The summed E-state index contributed by atoms with van der Waals surface area (Å²) in [5.74, 6) is -0.219. The quantitative estimate of drug-likeness (QED) is 0.281. The number of nitrogens with zero attached hydrogens (tertiary/aromatic N) is 3. The molecule has 0 saturated heterocycles. The van der Waals surface area contributed by atoms with E-state index in [1.165, 1.54) is 28.9 Å². The van der Waals surface area contributed by atoms with Gasteiger partial charge in [0.15, 0.2) is 5.82 Å². The Bertz CT molecular complexity index is 1400. The van der Waals surface area contributed by atoms with E-state index in [9.17, 15) is 18.0 Å². The normalized spacial score (nSPS) is 11.6. The predicted molar refractivity (Wildman–Crippen MR) is 132 cm³/mol. The first-order chi connectivity index (χ1) is 17.0. The Labute approximate surface area is 214 Å². The third kappa shape index (κ3) is 5.80. The Morgan fingerprint density at radius 3 is 2.36 bits per heavy atom. The molecular formula is C25H19Cl2F3N4O2. The fraction of sp³-hybridized carbons (Fsp3) is 0.160. The Hall–Kier alpha value is -3.56. The van der Waals surface area contributed by atoms with Crippen molar-refractivity contribution in [2.75, 3.05) is 5.32 Å². The van der Waals surface area contributed by atoms with Gasteiger partial charge in [-0.3, -0.25) is 4.79 Å². The average Bonchev–Trinajstić information content (AvgIpc) is 3.24. The van der Waals surface area contributed by atoms with Gasteiger partial charge in [0.1, 0.15) is 0 Å². The van der Waals surface area contributed by atoms with Crippen LogP contribution < -0.4 is 10.1 Å². The number of carbonyl (C=O) groups is 1. The first kappa shape index (κ1) is 25.5. The second-order valence-electron chi connectivity index (χ2n) is 8.00. The maximum atomic E-state index is 13.3. The van der Waals surface area contributed by atoms with E-state index in [1.807, 2.05) is 0 Å². The third-order valence-electron chi connectivity index (χ3n) is 4.93. The van der Waals surface area contributed by atoms with Crippen LogP contribution in [0.25, 0.3) is 17.1 Å². The third-order valence-corrected chi connectivity index (χ3v) is 5.67. The van der Waals surface area contributed by atoms with Gasteiger partial charge < -0.3 is 10.1 Å². The standard InChI is InChI=1S/C25H19Cl2F3N4O2/c1-14(2)36-24-32-22(15-4-3-5-17(12-15)25(28,29)30)34(33-24)19-9-7-18(8-10-19)31-23(35)16-6-11-20(26)21(27)13-16/h3-14H,1-2H3,(H,31,35). The van der Waals surface area contributed by atoms with Gasteiger partial charge in [0.2, 0.25) is 0 Å². The van der Waals surface area contributed by atoms with E-state index < -0.39 is 11.7 Å². The first-order valence-electron chi connectivity index (χ1n) is 10.7. The number of benzene rings is 3. The van der Waals surface area contributed by atoms with E-state index >= 15 is 0 Å². The predicted octanol–water partition coefficient (Wildman–Crippen LogP) is 7.30. The van der Waals surface area contributed by atoms with Crippen molar-refractivity contribution in [2.45, 2.75) is 26.1 Å². The number of aromatic nitrogens is 3. The van der Waals surface area contributed by atoms with Crippen molar-refractivity contribution in [3.8, 4) is 23.1 Å². The van der Waals surface area contributed by atoms with Gasteiger partial charge in [0, 0.05) is 16.8 Å². The molecule has 4 rings (SSSR count). The SMILES string of the molecule is CC(C)Oc1nc(-c2cccc(C(F)(F)F)c2)n(-c2ccc(NC(=O)c3ccc(Cl)c(Cl)c3)cc2)n1. The molecule has 1 heterocycles. The van der Waals surface area contributed by atoms with E-state index in [2.05, 4.69) is 15.4 Å². The number of anilines is 1. The summed E-state index contributed by atoms with van der Waals surface area (Å²) in [6.07, 6.45) is -4.75. The van der Waals surface area contributed by atoms with Crippen molar-refractivity contribution in [3.63, 3.8) is 0 Å². The first-order valence-corrected chi connectivity index (χ1v) is 11.4. The number of nitrogens with one attached hydrogen (secondary N) is 1. The van der Waals surface area contributed by atoms with Crippen LogP contribution in [0, 0.1) is 0 Å². The van der Waals surface area contributed by atoms with Gasteiger partial charge >= 0.3 is 12.2 Å². The van der Waals surface area contributed by atoms with Gasteiger partial charge in [-0.2, -0.15) is 18.2 Å². The minimum Gasteiger partial charge on any atom is -0.460 e. The molecule has 0 radical (unpaired) electrons. The summed E-state index contributed by atoms with van der Waals surface area (Å²) in [5, 5.41) is 7.67. The van der Waals surface area contributed by atoms with Crippen molar-refractivity contribution in [2.24, 2.45) is 0 Å².